The molecule has 0 aromatic heterocycles. The number of nitrogens with one attached hydrogen (secondary N) is 1. The fourth-order valence-corrected chi connectivity index (χ4v) is 1.87. The molecule has 14 heavy (non-hydrogen) atoms. The molecule has 0 radical (unpaired) electrons. The summed E-state index contributed by atoms with van der Waals surface area (Å²) in [5, 5.41) is 3.31. The van der Waals surface area contributed by atoms with Crippen LogP contribution >= 0.6 is 0 Å². The molecule has 0 aromatic carbocycles. The molecule has 0 aliphatic heterocycles. The topological polar surface area (TPSA) is 55.1 Å². The Labute approximate surface area is 90.3 Å². The number of nitrogens with two attached hydrogens (primary N) is 1. The summed E-state index contributed by atoms with van der Waals surface area (Å²) >= 11 is 0. The maximum absolute atomic E-state index is 11.1. The SMILES string of the molecule is CCS(=O)CCNCC(CN)C(C)C. The minimum atomic E-state index is -0.648. The van der Waals surface area contributed by atoms with Crippen LogP contribution < -0.4 is 11.1 Å². The molecule has 3 N–H and O–H groups in total. The van der Waals surface area contributed by atoms with Gasteiger partial charge in [0.25, 0.3) is 0 Å². The summed E-state index contributed by atoms with van der Waals surface area (Å²) < 4.78 is 11.1. The van der Waals surface area contributed by atoms with Crippen molar-refractivity contribution in [2.24, 2.45) is 17.6 Å². The maximum Gasteiger partial charge on any atom is 0.0359 e. The van der Waals surface area contributed by atoms with Crippen LogP contribution in [0.15, 0.2) is 0 Å². The van der Waals surface area contributed by atoms with Crippen molar-refractivity contribution in [3.05, 3.63) is 0 Å². The fourth-order valence-electron chi connectivity index (χ4n) is 1.21. The molecule has 86 valence electrons. The van der Waals surface area contributed by atoms with Crippen molar-refractivity contribution in [1.82, 2.24) is 5.32 Å². The van der Waals surface area contributed by atoms with E-state index in [4.69, 9.17) is 5.73 Å². The summed E-state index contributed by atoms with van der Waals surface area (Å²) in [6.07, 6.45) is 0. The van der Waals surface area contributed by atoms with E-state index in [1.54, 1.807) is 0 Å². The van der Waals surface area contributed by atoms with Crippen LogP contribution in [0.5, 0.6) is 0 Å². The van der Waals surface area contributed by atoms with Gasteiger partial charge in [0, 0.05) is 28.9 Å². The minimum Gasteiger partial charge on any atom is -0.330 e. The second-order valence-electron chi connectivity index (χ2n) is 3.88. The van der Waals surface area contributed by atoms with Gasteiger partial charge in [-0.1, -0.05) is 20.8 Å². The highest BCUT2D eigenvalue weighted by Gasteiger charge is 2.10. The molecule has 0 aliphatic carbocycles. The Balaban J connectivity index is 3.47. The van der Waals surface area contributed by atoms with E-state index < -0.39 is 10.8 Å². The first-order chi connectivity index (χ1) is 6.61. The molecule has 0 spiro atoms. The van der Waals surface area contributed by atoms with Gasteiger partial charge in [-0.05, 0) is 24.9 Å². The third-order valence-corrected chi connectivity index (χ3v) is 3.78. The first-order valence-corrected chi connectivity index (χ1v) is 6.86. The van der Waals surface area contributed by atoms with Gasteiger partial charge in [-0.2, -0.15) is 0 Å². The molecule has 0 aromatic rings. The zero-order chi connectivity index (χ0) is 11.0. The summed E-state index contributed by atoms with van der Waals surface area (Å²) in [4.78, 5) is 0. The predicted octanol–water partition coefficient (Wildman–Crippen LogP) is 0.576. The molecule has 0 aliphatic rings. The lowest BCUT2D eigenvalue weighted by molar-refractivity contribution is 0.375. The molecule has 0 amide bonds. The first kappa shape index (κ1) is 14.1. The Morgan fingerprint density at radius 3 is 2.50 bits per heavy atom. The Hall–Kier alpha value is 0.0700. The highest BCUT2D eigenvalue weighted by Crippen LogP contribution is 2.06. The molecular formula is C10H24N2OS. The number of rotatable bonds is 8. The Bertz CT molecular complexity index is 162. The van der Waals surface area contributed by atoms with Crippen LogP contribution in [0.3, 0.4) is 0 Å². The van der Waals surface area contributed by atoms with Gasteiger partial charge in [0.05, 0.1) is 0 Å². The van der Waals surface area contributed by atoms with Crippen LogP contribution in [0.1, 0.15) is 20.8 Å². The molecule has 0 fully saturated rings. The van der Waals surface area contributed by atoms with E-state index >= 15 is 0 Å². The van der Waals surface area contributed by atoms with Gasteiger partial charge in [-0.15, -0.1) is 0 Å². The van der Waals surface area contributed by atoms with Gasteiger partial charge < -0.3 is 11.1 Å². The molecule has 0 heterocycles. The van der Waals surface area contributed by atoms with Gasteiger partial charge in [0.1, 0.15) is 0 Å². The van der Waals surface area contributed by atoms with E-state index in [-0.39, 0.29) is 0 Å². The average molecular weight is 220 g/mol. The van der Waals surface area contributed by atoms with E-state index in [1.165, 1.54) is 0 Å². The zero-order valence-electron chi connectivity index (χ0n) is 9.58. The van der Waals surface area contributed by atoms with Crippen LogP contribution in [0.25, 0.3) is 0 Å². The first-order valence-electron chi connectivity index (χ1n) is 5.37. The molecule has 3 nitrogen and oxygen atoms in total. The van der Waals surface area contributed by atoms with Crippen LogP contribution in [0, 0.1) is 11.8 Å². The van der Waals surface area contributed by atoms with Crippen molar-refractivity contribution in [2.75, 3.05) is 31.1 Å². The van der Waals surface area contributed by atoms with Crippen LogP contribution in [0.4, 0.5) is 0 Å². The lowest BCUT2D eigenvalue weighted by atomic mass is 9.96. The third-order valence-electron chi connectivity index (χ3n) is 2.48. The smallest absolute Gasteiger partial charge is 0.0359 e. The highest BCUT2D eigenvalue weighted by atomic mass is 32.2. The van der Waals surface area contributed by atoms with Crippen molar-refractivity contribution in [3.8, 4) is 0 Å². The lowest BCUT2D eigenvalue weighted by Crippen LogP contribution is -2.33. The molecule has 2 unspecified atom stereocenters. The monoisotopic (exact) mass is 220 g/mol. The van der Waals surface area contributed by atoms with Gasteiger partial charge in [-0.25, -0.2) is 0 Å². The normalized spacial score (nSPS) is 15.8. The van der Waals surface area contributed by atoms with Gasteiger partial charge >= 0.3 is 0 Å². The second kappa shape index (κ2) is 8.38. The summed E-state index contributed by atoms with van der Waals surface area (Å²) in [6, 6.07) is 0. The predicted molar refractivity (Wildman–Crippen MR) is 63.8 cm³/mol. The Kier molecular flexibility index (Phi) is 8.43. The average Bonchev–Trinajstić information content (AvgIpc) is 2.16. The molecule has 2 atom stereocenters. The van der Waals surface area contributed by atoms with Crippen LogP contribution in [0.2, 0.25) is 0 Å². The van der Waals surface area contributed by atoms with Gasteiger partial charge in [0.15, 0.2) is 0 Å². The van der Waals surface area contributed by atoms with Crippen molar-refractivity contribution in [1.29, 1.82) is 0 Å². The standard InChI is InChI=1S/C10H24N2OS/c1-4-14(13)6-5-12-8-10(7-11)9(2)3/h9-10,12H,4-8,11H2,1-3H3. The summed E-state index contributed by atoms with van der Waals surface area (Å²) in [7, 11) is -0.648. The maximum atomic E-state index is 11.1. The molecule has 0 rings (SSSR count). The van der Waals surface area contributed by atoms with Crippen molar-refractivity contribution >= 4 is 10.8 Å². The Morgan fingerprint density at radius 1 is 1.43 bits per heavy atom. The molecule has 4 heteroatoms. The van der Waals surface area contributed by atoms with E-state index in [9.17, 15) is 4.21 Å². The molecular weight excluding hydrogens is 196 g/mol. The quantitative estimate of drug-likeness (QED) is 0.588. The largest absolute Gasteiger partial charge is 0.330 e. The number of hydrogen-bond acceptors (Lipinski definition) is 3. The van der Waals surface area contributed by atoms with Crippen molar-refractivity contribution in [3.63, 3.8) is 0 Å². The van der Waals surface area contributed by atoms with Gasteiger partial charge in [-0.3, -0.25) is 4.21 Å². The van der Waals surface area contributed by atoms with E-state index in [0.29, 0.717) is 11.8 Å². The second-order valence-corrected chi connectivity index (χ2v) is 5.74. The highest BCUT2D eigenvalue weighted by molar-refractivity contribution is 7.84. The van der Waals surface area contributed by atoms with Gasteiger partial charge in [0.2, 0.25) is 0 Å². The molecule has 0 saturated carbocycles. The van der Waals surface area contributed by atoms with E-state index in [2.05, 4.69) is 19.2 Å². The fraction of sp³-hybridized carbons (Fsp3) is 1.00. The zero-order valence-corrected chi connectivity index (χ0v) is 10.4. The Morgan fingerprint density at radius 2 is 2.07 bits per heavy atom. The number of hydrogen-bond donors (Lipinski definition) is 2. The summed E-state index contributed by atoms with van der Waals surface area (Å²) in [5.41, 5.74) is 5.64. The summed E-state index contributed by atoms with van der Waals surface area (Å²) in [6.45, 7) is 8.82. The van der Waals surface area contributed by atoms with Crippen LogP contribution in [-0.4, -0.2) is 35.3 Å². The third kappa shape index (κ3) is 6.51. The van der Waals surface area contributed by atoms with Crippen LogP contribution in [-0.2, 0) is 10.8 Å². The van der Waals surface area contributed by atoms with E-state index in [1.807, 2.05) is 6.92 Å². The van der Waals surface area contributed by atoms with E-state index in [0.717, 1.165) is 31.1 Å². The van der Waals surface area contributed by atoms with Crippen molar-refractivity contribution < 1.29 is 4.21 Å². The lowest BCUT2D eigenvalue weighted by Gasteiger charge is -2.19. The minimum absolute atomic E-state index is 0.532. The van der Waals surface area contributed by atoms with Crippen molar-refractivity contribution in [2.45, 2.75) is 20.8 Å². The molecule has 0 saturated heterocycles. The molecule has 0 bridgehead atoms. The summed E-state index contributed by atoms with van der Waals surface area (Å²) in [5.74, 6) is 2.66.